The van der Waals surface area contributed by atoms with Gasteiger partial charge in [0.25, 0.3) is 0 Å². The number of nitrogens with zero attached hydrogens (tertiary/aromatic N) is 2. The van der Waals surface area contributed by atoms with Crippen LogP contribution in [0.15, 0.2) is 0 Å². The second-order valence-electron chi connectivity index (χ2n) is 14.9. The van der Waals surface area contributed by atoms with Gasteiger partial charge in [0.2, 0.25) is 11.8 Å². The average molecular weight is 662 g/mol. The van der Waals surface area contributed by atoms with Crippen LogP contribution in [0, 0.1) is 0 Å². The van der Waals surface area contributed by atoms with Crippen LogP contribution in [0.25, 0.3) is 0 Å². The van der Waals surface area contributed by atoms with Crippen molar-refractivity contribution in [3.63, 3.8) is 0 Å². The van der Waals surface area contributed by atoms with E-state index in [0.29, 0.717) is 25.9 Å². The Morgan fingerprint density at radius 2 is 0.681 bits per heavy atom. The van der Waals surface area contributed by atoms with Gasteiger partial charge in [0.15, 0.2) is 0 Å². The minimum atomic E-state index is 0.133. The first-order chi connectivity index (χ1) is 23.1. The van der Waals surface area contributed by atoms with Gasteiger partial charge in [-0.1, -0.05) is 168 Å². The van der Waals surface area contributed by atoms with Gasteiger partial charge >= 0.3 is 0 Å². The van der Waals surface area contributed by atoms with Crippen LogP contribution in [0.3, 0.4) is 0 Å². The van der Waals surface area contributed by atoms with E-state index < -0.39 is 0 Å². The quantitative estimate of drug-likeness (QED) is 0.0461. The number of hydrogen-bond acceptors (Lipinski definition) is 5. The molecule has 2 aliphatic rings. The molecule has 7 heteroatoms. The Bertz CT molecular complexity index is 682. The number of rotatable bonds is 36. The molecule has 2 aliphatic heterocycles. The number of unbranched alkanes of at least 4 members (excludes halogenated alkanes) is 24. The molecular formula is C40H79N5O2. The molecule has 2 atom stereocenters. The summed E-state index contributed by atoms with van der Waals surface area (Å²) in [6.07, 6.45) is 36.0. The summed E-state index contributed by atoms with van der Waals surface area (Å²) in [5, 5.41) is 10.1. The maximum absolute atomic E-state index is 12.6. The molecule has 2 heterocycles. The monoisotopic (exact) mass is 662 g/mol. The molecule has 47 heavy (non-hydrogen) atoms. The van der Waals surface area contributed by atoms with Crippen LogP contribution in [0.5, 0.6) is 0 Å². The topological polar surface area (TPSA) is 76.3 Å². The van der Waals surface area contributed by atoms with Crippen LogP contribution in [-0.2, 0) is 9.59 Å². The third-order valence-corrected chi connectivity index (χ3v) is 10.2. The summed E-state index contributed by atoms with van der Waals surface area (Å²) in [6.45, 7) is 10.1. The molecule has 0 aromatic rings. The predicted molar refractivity (Wildman–Crippen MR) is 201 cm³/mol. The molecule has 2 amide bonds. The standard InChI is InChI=1S/C40H79N5O2/c1-3-5-7-9-11-13-15-17-19-21-23-25-27-29-39(46)41-35-37(44-31-32-44)43-38(45-33-34-45)36-42-40(47)30-28-26-24-22-20-18-16-14-12-10-8-6-4-2/h37-38,43H,3-36H2,1-2H3,(H,41,46)(H,42,47). The van der Waals surface area contributed by atoms with Crippen LogP contribution in [0.2, 0.25) is 0 Å². The lowest BCUT2D eigenvalue weighted by Gasteiger charge is -2.28. The Morgan fingerprint density at radius 3 is 0.936 bits per heavy atom. The number of amides is 2. The van der Waals surface area contributed by atoms with Crippen LogP contribution in [-0.4, -0.2) is 73.2 Å². The van der Waals surface area contributed by atoms with Crippen LogP contribution < -0.4 is 16.0 Å². The van der Waals surface area contributed by atoms with Gasteiger partial charge in [-0.05, 0) is 12.8 Å². The van der Waals surface area contributed by atoms with Crippen molar-refractivity contribution in [2.75, 3.05) is 39.3 Å². The molecule has 3 N–H and O–H groups in total. The second-order valence-corrected chi connectivity index (χ2v) is 14.9. The normalized spacial score (nSPS) is 15.9. The minimum Gasteiger partial charge on any atom is -0.353 e. The Kier molecular flexibility index (Phi) is 26.5. The Balaban J connectivity index is 1.45. The first-order valence-corrected chi connectivity index (χ1v) is 20.9. The molecule has 0 aliphatic carbocycles. The number of carbonyl (C=O) groups is 2. The van der Waals surface area contributed by atoms with Crippen molar-refractivity contribution in [1.82, 2.24) is 25.8 Å². The molecule has 0 saturated carbocycles. The highest BCUT2D eigenvalue weighted by atomic mass is 16.2. The van der Waals surface area contributed by atoms with Crippen molar-refractivity contribution in [3.05, 3.63) is 0 Å². The fraction of sp³-hybridized carbons (Fsp3) is 0.950. The molecule has 7 nitrogen and oxygen atoms in total. The van der Waals surface area contributed by atoms with E-state index in [2.05, 4.69) is 39.6 Å². The summed E-state index contributed by atoms with van der Waals surface area (Å²) >= 11 is 0. The van der Waals surface area contributed by atoms with E-state index in [4.69, 9.17) is 0 Å². The lowest BCUT2D eigenvalue weighted by atomic mass is 10.0. The van der Waals surface area contributed by atoms with E-state index in [1.165, 1.54) is 141 Å². The number of carbonyl (C=O) groups excluding carboxylic acids is 2. The molecule has 0 bridgehead atoms. The smallest absolute Gasteiger partial charge is 0.220 e. The molecular weight excluding hydrogens is 582 g/mol. The maximum Gasteiger partial charge on any atom is 0.220 e. The van der Waals surface area contributed by atoms with Crippen molar-refractivity contribution < 1.29 is 9.59 Å². The van der Waals surface area contributed by atoms with Crippen LogP contribution in [0.4, 0.5) is 0 Å². The van der Waals surface area contributed by atoms with Gasteiger partial charge in [0.1, 0.15) is 0 Å². The SMILES string of the molecule is CCCCCCCCCCCCCCCC(=O)NCC(NC(CNC(=O)CCCCCCCCCCCCCCC)N1CC1)N1CC1. The highest BCUT2D eigenvalue weighted by Gasteiger charge is 2.34. The maximum atomic E-state index is 12.6. The highest BCUT2D eigenvalue weighted by Crippen LogP contribution is 2.16. The van der Waals surface area contributed by atoms with Crippen molar-refractivity contribution in [1.29, 1.82) is 0 Å². The van der Waals surface area contributed by atoms with Gasteiger partial charge in [0.05, 0.1) is 12.3 Å². The Labute approximate surface area is 291 Å². The van der Waals surface area contributed by atoms with Crippen molar-refractivity contribution >= 4 is 11.8 Å². The molecule has 2 saturated heterocycles. The van der Waals surface area contributed by atoms with E-state index in [1.807, 2.05) is 0 Å². The highest BCUT2D eigenvalue weighted by molar-refractivity contribution is 5.76. The van der Waals surface area contributed by atoms with Crippen LogP contribution >= 0.6 is 0 Å². The number of nitrogens with one attached hydrogen (secondary N) is 3. The van der Waals surface area contributed by atoms with Crippen molar-refractivity contribution in [3.8, 4) is 0 Å². The van der Waals surface area contributed by atoms with E-state index in [9.17, 15) is 9.59 Å². The molecule has 276 valence electrons. The van der Waals surface area contributed by atoms with Crippen LogP contribution in [0.1, 0.15) is 194 Å². The average Bonchev–Trinajstić information content (AvgIpc) is 4.00. The van der Waals surface area contributed by atoms with Gasteiger partial charge in [-0.2, -0.15) is 0 Å². The molecule has 0 aromatic carbocycles. The molecule has 2 unspecified atom stereocenters. The van der Waals surface area contributed by atoms with Gasteiger partial charge in [-0.3, -0.25) is 24.7 Å². The fourth-order valence-electron chi connectivity index (χ4n) is 6.75. The molecule has 0 spiro atoms. The van der Waals surface area contributed by atoms with Gasteiger partial charge in [-0.25, -0.2) is 0 Å². The fourth-order valence-corrected chi connectivity index (χ4v) is 6.75. The van der Waals surface area contributed by atoms with Gasteiger partial charge in [-0.15, -0.1) is 0 Å². The zero-order chi connectivity index (χ0) is 33.6. The third-order valence-electron chi connectivity index (χ3n) is 10.2. The molecule has 2 fully saturated rings. The first-order valence-electron chi connectivity index (χ1n) is 20.9. The summed E-state index contributed by atoms with van der Waals surface area (Å²) in [7, 11) is 0. The Morgan fingerprint density at radius 1 is 0.426 bits per heavy atom. The lowest BCUT2D eigenvalue weighted by molar-refractivity contribution is -0.122. The first kappa shape index (κ1) is 42.0. The summed E-state index contributed by atoms with van der Waals surface area (Å²) in [5.74, 6) is 0.354. The lowest BCUT2D eigenvalue weighted by Crippen LogP contribution is -2.55. The molecule has 0 radical (unpaired) electrons. The largest absolute Gasteiger partial charge is 0.353 e. The number of hydrogen-bond donors (Lipinski definition) is 3. The van der Waals surface area contributed by atoms with E-state index >= 15 is 0 Å². The summed E-state index contributed by atoms with van der Waals surface area (Å²) in [4.78, 5) is 29.9. The van der Waals surface area contributed by atoms with Gasteiger partial charge < -0.3 is 10.6 Å². The van der Waals surface area contributed by atoms with Crippen molar-refractivity contribution in [2.45, 2.75) is 206 Å². The second kappa shape index (κ2) is 29.7. The summed E-state index contributed by atoms with van der Waals surface area (Å²) in [5.41, 5.74) is 0. The minimum absolute atomic E-state index is 0.133. The summed E-state index contributed by atoms with van der Waals surface area (Å²) < 4.78 is 0. The zero-order valence-electron chi connectivity index (χ0n) is 31.4. The van der Waals surface area contributed by atoms with Gasteiger partial charge in [0, 0.05) is 52.1 Å². The summed E-state index contributed by atoms with van der Waals surface area (Å²) in [6, 6.07) is 0. The predicted octanol–water partition coefficient (Wildman–Crippen LogP) is 9.05. The van der Waals surface area contributed by atoms with Crippen molar-refractivity contribution in [2.24, 2.45) is 0 Å². The zero-order valence-corrected chi connectivity index (χ0v) is 31.4. The van der Waals surface area contributed by atoms with E-state index in [-0.39, 0.29) is 24.1 Å². The Hall–Kier alpha value is -1.18. The third kappa shape index (κ3) is 25.5. The molecule has 2 rings (SSSR count). The van der Waals surface area contributed by atoms with E-state index in [0.717, 1.165) is 51.9 Å². The van der Waals surface area contributed by atoms with E-state index in [1.54, 1.807) is 0 Å². The molecule has 0 aromatic heterocycles.